The van der Waals surface area contributed by atoms with E-state index >= 15 is 0 Å². The van der Waals surface area contributed by atoms with Crippen LogP contribution in [0.2, 0.25) is 5.02 Å². The summed E-state index contributed by atoms with van der Waals surface area (Å²) in [4.78, 5) is 19.7. The molecule has 0 aliphatic heterocycles. The van der Waals surface area contributed by atoms with Crippen molar-refractivity contribution in [3.63, 3.8) is 0 Å². The van der Waals surface area contributed by atoms with Crippen molar-refractivity contribution in [3.8, 4) is 0 Å². The van der Waals surface area contributed by atoms with Crippen molar-refractivity contribution in [1.82, 2.24) is 19.8 Å². The van der Waals surface area contributed by atoms with Crippen LogP contribution in [-0.4, -0.2) is 40.5 Å². The maximum absolute atomic E-state index is 13.0. The van der Waals surface area contributed by atoms with Crippen molar-refractivity contribution in [3.05, 3.63) is 101 Å². The Kier molecular flexibility index (Phi) is 7.76. The Morgan fingerprint density at radius 2 is 1.82 bits per heavy atom. The summed E-state index contributed by atoms with van der Waals surface area (Å²) in [5.41, 5.74) is 3.80. The Labute approximate surface area is 200 Å². The van der Waals surface area contributed by atoms with E-state index in [1.54, 1.807) is 0 Å². The average Bonchev–Trinajstić information content (AvgIpc) is 3.21. The highest BCUT2D eigenvalue weighted by atomic mass is 35.5. The first-order valence-electron chi connectivity index (χ1n) is 11.3. The number of amides is 1. The largest absolute Gasteiger partial charge is 0.348 e. The Bertz CT molecular complexity index is 1210. The highest BCUT2D eigenvalue weighted by Gasteiger charge is 2.15. The van der Waals surface area contributed by atoms with Crippen LogP contribution >= 0.6 is 11.6 Å². The van der Waals surface area contributed by atoms with Crippen molar-refractivity contribution in [2.24, 2.45) is 0 Å². The van der Waals surface area contributed by atoms with Gasteiger partial charge in [0, 0.05) is 60.1 Å². The van der Waals surface area contributed by atoms with Gasteiger partial charge in [-0.25, -0.2) is 0 Å². The van der Waals surface area contributed by atoms with Gasteiger partial charge in [0.2, 0.25) is 0 Å². The zero-order valence-electron chi connectivity index (χ0n) is 18.9. The maximum Gasteiger partial charge on any atom is 0.253 e. The van der Waals surface area contributed by atoms with Crippen LogP contribution in [0.25, 0.3) is 10.9 Å². The van der Waals surface area contributed by atoms with Crippen molar-refractivity contribution in [2.45, 2.75) is 25.9 Å². The molecule has 0 aliphatic rings. The molecular weight excluding hydrogens is 432 g/mol. The van der Waals surface area contributed by atoms with Crippen molar-refractivity contribution < 1.29 is 4.79 Å². The van der Waals surface area contributed by atoms with Gasteiger partial charge in [0.15, 0.2) is 0 Å². The molecule has 1 amide bonds. The summed E-state index contributed by atoms with van der Waals surface area (Å²) >= 11 is 6.23. The number of benzene rings is 2. The zero-order chi connectivity index (χ0) is 23.0. The summed E-state index contributed by atoms with van der Waals surface area (Å²) in [5, 5.41) is 4.65. The van der Waals surface area contributed by atoms with E-state index in [1.807, 2.05) is 67.0 Å². The summed E-state index contributed by atoms with van der Waals surface area (Å²) < 4.78 is 2.19. The highest BCUT2D eigenvalue weighted by molar-refractivity contribution is 6.31. The van der Waals surface area contributed by atoms with Gasteiger partial charge in [-0.2, -0.15) is 0 Å². The minimum absolute atomic E-state index is 0.0858. The molecule has 2 heterocycles. The van der Waals surface area contributed by atoms with E-state index in [9.17, 15) is 4.79 Å². The molecule has 4 rings (SSSR count). The number of aromatic nitrogens is 2. The summed E-state index contributed by atoms with van der Waals surface area (Å²) in [6.07, 6.45) is 5.76. The fraction of sp³-hybridized carbons (Fsp3) is 0.259. The first kappa shape index (κ1) is 23.0. The molecule has 170 valence electrons. The van der Waals surface area contributed by atoms with E-state index < -0.39 is 0 Å². The molecule has 1 N–H and O–H groups in total. The molecular formula is C27H29ClN4O. The van der Waals surface area contributed by atoms with Crippen LogP contribution in [0.4, 0.5) is 0 Å². The third kappa shape index (κ3) is 6.01. The van der Waals surface area contributed by atoms with Gasteiger partial charge in [0.25, 0.3) is 5.91 Å². The van der Waals surface area contributed by atoms with E-state index in [-0.39, 0.29) is 5.91 Å². The number of carbonyl (C=O) groups excluding carboxylic acids is 1. The van der Waals surface area contributed by atoms with Crippen molar-refractivity contribution in [2.75, 3.05) is 20.1 Å². The topological polar surface area (TPSA) is 50.2 Å². The minimum Gasteiger partial charge on any atom is -0.348 e. The fourth-order valence-electron chi connectivity index (χ4n) is 4.00. The highest BCUT2D eigenvalue weighted by Crippen LogP contribution is 2.22. The van der Waals surface area contributed by atoms with Gasteiger partial charge in [0.05, 0.1) is 5.56 Å². The van der Waals surface area contributed by atoms with Gasteiger partial charge in [-0.05, 0) is 49.8 Å². The number of rotatable bonds is 10. The number of aryl methyl sites for hydroxylation is 1. The lowest BCUT2D eigenvalue weighted by Crippen LogP contribution is -2.23. The average molecular weight is 461 g/mol. The maximum atomic E-state index is 13.0. The molecule has 0 aliphatic carbocycles. The van der Waals surface area contributed by atoms with Gasteiger partial charge < -0.3 is 14.8 Å². The first-order chi connectivity index (χ1) is 16.1. The van der Waals surface area contributed by atoms with E-state index in [0.717, 1.165) is 54.6 Å². The Morgan fingerprint density at radius 1 is 1.03 bits per heavy atom. The lowest BCUT2D eigenvalue weighted by atomic mass is 10.1. The quantitative estimate of drug-likeness (QED) is 0.354. The summed E-state index contributed by atoms with van der Waals surface area (Å²) in [5.74, 6) is -0.0858. The lowest BCUT2D eigenvalue weighted by molar-refractivity contribution is 0.0952. The number of nitrogens with zero attached hydrogens (tertiary/aromatic N) is 3. The molecule has 6 heteroatoms. The predicted octanol–water partition coefficient (Wildman–Crippen LogP) is 5.18. The predicted molar refractivity (Wildman–Crippen MR) is 135 cm³/mol. The summed E-state index contributed by atoms with van der Waals surface area (Å²) in [6, 6.07) is 21.7. The smallest absolute Gasteiger partial charge is 0.253 e. The number of hydrogen-bond donors (Lipinski definition) is 1. The molecule has 0 saturated carbocycles. The van der Waals surface area contributed by atoms with Gasteiger partial charge in [-0.3, -0.25) is 9.78 Å². The standard InChI is InChI=1S/C27H29ClN4O/c1-31(18-14-22-10-6-7-15-29-22)16-8-17-32-20-24(23-11-3-5-13-26(23)32)27(33)30-19-21-9-2-4-12-25(21)28/h2-7,9-13,15,20H,8,14,16-19H2,1H3,(H,30,33). The summed E-state index contributed by atoms with van der Waals surface area (Å²) in [6.45, 7) is 3.21. The van der Waals surface area contributed by atoms with Crippen LogP contribution in [0, 0.1) is 0 Å². The van der Waals surface area contributed by atoms with E-state index in [2.05, 4.69) is 38.9 Å². The molecule has 0 bridgehead atoms. The van der Waals surface area contributed by atoms with Gasteiger partial charge in [-0.15, -0.1) is 0 Å². The number of para-hydroxylation sites is 1. The molecule has 4 aromatic rings. The van der Waals surface area contributed by atoms with Crippen LogP contribution < -0.4 is 5.32 Å². The monoisotopic (exact) mass is 460 g/mol. The third-order valence-corrected chi connectivity index (χ3v) is 6.21. The molecule has 0 atom stereocenters. The second-order valence-electron chi connectivity index (χ2n) is 8.26. The number of fused-ring (bicyclic) bond motifs is 1. The number of likely N-dealkylation sites (N-methyl/N-ethyl adjacent to an activating group) is 1. The van der Waals surface area contributed by atoms with Gasteiger partial charge >= 0.3 is 0 Å². The van der Waals surface area contributed by atoms with Crippen LogP contribution in [0.1, 0.15) is 28.0 Å². The molecule has 5 nitrogen and oxygen atoms in total. The van der Waals surface area contributed by atoms with E-state index in [1.165, 1.54) is 0 Å². The molecule has 0 spiro atoms. The van der Waals surface area contributed by atoms with Gasteiger partial charge in [-0.1, -0.05) is 54.1 Å². The van der Waals surface area contributed by atoms with Crippen LogP contribution in [0.15, 0.2) is 79.1 Å². The minimum atomic E-state index is -0.0858. The molecule has 0 radical (unpaired) electrons. The van der Waals surface area contributed by atoms with Crippen LogP contribution in [0.3, 0.4) is 0 Å². The molecule has 2 aromatic heterocycles. The SMILES string of the molecule is CN(CCCn1cc(C(=O)NCc2ccccc2Cl)c2ccccc21)CCc1ccccn1. The molecule has 0 saturated heterocycles. The Hall–Kier alpha value is -3.15. The molecule has 2 aromatic carbocycles. The Morgan fingerprint density at radius 3 is 2.64 bits per heavy atom. The number of carbonyl (C=O) groups is 1. The van der Waals surface area contributed by atoms with E-state index in [4.69, 9.17) is 11.6 Å². The normalized spacial score (nSPS) is 11.2. The van der Waals surface area contributed by atoms with Crippen molar-refractivity contribution in [1.29, 1.82) is 0 Å². The Balaban J connectivity index is 1.36. The first-order valence-corrected chi connectivity index (χ1v) is 11.7. The van der Waals surface area contributed by atoms with Crippen LogP contribution in [0.5, 0.6) is 0 Å². The molecule has 0 fully saturated rings. The number of pyridine rings is 1. The molecule has 33 heavy (non-hydrogen) atoms. The van der Waals surface area contributed by atoms with Crippen molar-refractivity contribution >= 4 is 28.4 Å². The van der Waals surface area contributed by atoms with Gasteiger partial charge in [0.1, 0.15) is 0 Å². The van der Waals surface area contributed by atoms with E-state index in [0.29, 0.717) is 17.1 Å². The summed E-state index contributed by atoms with van der Waals surface area (Å²) in [7, 11) is 2.14. The number of halogens is 1. The number of hydrogen-bond acceptors (Lipinski definition) is 3. The zero-order valence-corrected chi connectivity index (χ0v) is 19.6. The lowest BCUT2D eigenvalue weighted by Gasteiger charge is -2.16. The van der Waals surface area contributed by atoms with Crippen LogP contribution in [-0.2, 0) is 19.5 Å². The fourth-order valence-corrected chi connectivity index (χ4v) is 4.20. The third-order valence-electron chi connectivity index (χ3n) is 5.85. The number of nitrogens with one attached hydrogen (secondary N) is 1. The second kappa shape index (κ2) is 11.1. The second-order valence-corrected chi connectivity index (χ2v) is 8.66. The molecule has 0 unspecified atom stereocenters.